The summed E-state index contributed by atoms with van der Waals surface area (Å²) in [5, 5.41) is 3.27. The zero-order valence-electron chi connectivity index (χ0n) is 12.6. The molecule has 0 atom stereocenters. The van der Waals surface area contributed by atoms with Gasteiger partial charge in [0.2, 0.25) is 0 Å². The van der Waals surface area contributed by atoms with E-state index in [1.807, 2.05) is 36.9 Å². The van der Waals surface area contributed by atoms with E-state index in [1.165, 1.54) is 0 Å². The number of unbranched alkanes of at least 4 members (excludes halogenated alkanes) is 1. The van der Waals surface area contributed by atoms with Crippen LogP contribution in [0, 0.1) is 6.92 Å². The summed E-state index contributed by atoms with van der Waals surface area (Å²) in [6.45, 7) is 10.8. The number of nitrogens with zero attached hydrogens (tertiary/aromatic N) is 1. The van der Waals surface area contributed by atoms with Gasteiger partial charge in [-0.3, -0.25) is 4.79 Å². The standard InChI is InChI=1S/C16H26N2O/c1-5-8-11-18(7-3)16(19)15-10-9-14(17-6-2)12-13(15)4/h9-10,12,17H,5-8,11H2,1-4H3. The number of carbonyl (C=O) groups is 1. The van der Waals surface area contributed by atoms with Gasteiger partial charge in [-0.2, -0.15) is 0 Å². The molecule has 0 bridgehead atoms. The summed E-state index contributed by atoms with van der Waals surface area (Å²) in [6.07, 6.45) is 2.18. The van der Waals surface area contributed by atoms with Crippen LogP contribution in [-0.4, -0.2) is 30.4 Å². The summed E-state index contributed by atoms with van der Waals surface area (Å²) in [5.41, 5.74) is 2.94. The van der Waals surface area contributed by atoms with E-state index >= 15 is 0 Å². The Morgan fingerprint density at radius 3 is 2.53 bits per heavy atom. The molecule has 1 aromatic carbocycles. The number of anilines is 1. The maximum absolute atomic E-state index is 12.5. The van der Waals surface area contributed by atoms with Gasteiger partial charge >= 0.3 is 0 Å². The molecule has 1 N–H and O–H groups in total. The highest BCUT2D eigenvalue weighted by molar-refractivity contribution is 5.96. The Morgan fingerprint density at radius 1 is 1.26 bits per heavy atom. The quantitative estimate of drug-likeness (QED) is 0.813. The van der Waals surface area contributed by atoms with Gasteiger partial charge in [0.25, 0.3) is 5.91 Å². The second-order valence-corrected chi connectivity index (χ2v) is 4.80. The monoisotopic (exact) mass is 262 g/mol. The molecule has 3 nitrogen and oxygen atoms in total. The van der Waals surface area contributed by atoms with Crippen LogP contribution >= 0.6 is 0 Å². The van der Waals surface area contributed by atoms with Crippen LogP contribution in [0.25, 0.3) is 0 Å². The highest BCUT2D eigenvalue weighted by Crippen LogP contribution is 2.17. The minimum absolute atomic E-state index is 0.150. The molecule has 0 saturated heterocycles. The highest BCUT2D eigenvalue weighted by atomic mass is 16.2. The van der Waals surface area contributed by atoms with Crippen LogP contribution in [0.15, 0.2) is 18.2 Å². The molecule has 1 rings (SSSR count). The maximum Gasteiger partial charge on any atom is 0.254 e. The fraction of sp³-hybridized carbons (Fsp3) is 0.562. The number of carbonyl (C=O) groups excluding carboxylic acids is 1. The molecule has 0 spiro atoms. The molecule has 0 unspecified atom stereocenters. The van der Waals surface area contributed by atoms with Crippen molar-refractivity contribution in [2.45, 2.75) is 40.5 Å². The summed E-state index contributed by atoms with van der Waals surface area (Å²) < 4.78 is 0. The SMILES string of the molecule is CCCCN(CC)C(=O)c1ccc(NCC)cc1C. The first-order valence-corrected chi connectivity index (χ1v) is 7.27. The number of nitrogens with one attached hydrogen (secondary N) is 1. The van der Waals surface area contributed by atoms with Crippen molar-refractivity contribution in [3.63, 3.8) is 0 Å². The molecular weight excluding hydrogens is 236 g/mol. The van der Waals surface area contributed by atoms with E-state index in [1.54, 1.807) is 0 Å². The first-order chi connectivity index (χ1) is 9.13. The highest BCUT2D eigenvalue weighted by Gasteiger charge is 2.15. The Morgan fingerprint density at radius 2 is 2.00 bits per heavy atom. The minimum atomic E-state index is 0.150. The Hall–Kier alpha value is -1.51. The topological polar surface area (TPSA) is 32.3 Å². The lowest BCUT2D eigenvalue weighted by Gasteiger charge is -2.22. The van der Waals surface area contributed by atoms with Crippen molar-refractivity contribution >= 4 is 11.6 Å². The van der Waals surface area contributed by atoms with Crippen molar-refractivity contribution in [2.75, 3.05) is 25.0 Å². The fourth-order valence-corrected chi connectivity index (χ4v) is 2.14. The number of hydrogen-bond acceptors (Lipinski definition) is 2. The molecule has 0 aliphatic heterocycles. The molecule has 0 fully saturated rings. The summed E-state index contributed by atoms with van der Waals surface area (Å²) in [5.74, 6) is 0.150. The molecule has 1 amide bonds. The van der Waals surface area contributed by atoms with E-state index in [0.29, 0.717) is 0 Å². The van der Waals surface area contributed by atoms with Crippen LogP contribution in [0.3, 0.4) is 0 Å². The predicted octanol–water partition coefficient (Wildman–Crippen LogP) is 3.69. The molecule has 0 aromatic heterocycles. The lowest BCUT2D eigenvalue weighted by Crippen LogP contribution is -2.32. The molecule has 0 saturated carbocycles. The van der Waals surface area contributed by atoms with E-state index < -0.39 is 0 Å². The molecule has 106 valence electrons. The van der Waals surface area contributed by atoms with E-state index in [9.17, 15) is 4.79 Å². The number of hydrogen-bond donors (Lipinski definition) is 1. The average Bonchev–Trinajstić information content (AvgIpc) is 2.40. The Labute approximate surface area is 117 Å². The van der Waals surface area contributed by atoms with E-state index in [0.717, 1.165) is 49.3 Å². The summed E-state index contributed by atoms with van der Waals surface area (Å²) in [7, 11) is 0. The van der Waals surface area contributed by atoms with Crippen molar-refractivity contribution in [1.82, 2.24) is 4.90 Å². The number of aryl methyl sites for hydroxylation is 1. The third kappa shape index (κ3) is 4.27. The molecule has 0 heterocycles. The Kier molecular flexibility index (Phi) is 6.40. The van der Waals surface area contributed by atoms with Gasteiger partial charge in [-0.1, -0.05) is 13.3 Å². The predicted molar refractivity (Wildman–Crippen MR) is 81.8 cm³/mol. The molecule has 19 heavy (non-hydrogen) atoms. The second-order valence-electron chi connectivity index (χ2n) is 4.80. The smallest absolute Gasteiger partial charge is 0.254 e. The molecule has 0 radical (unpaired) electrons. The van der Waals surface area contributed by atoms with Gasteiger partial charge in [-0.15, -0.1) is 0 Å². The summed E-state index contributed by atoms with van der Waals surface area (Å²) in [6, 6.07) is 5.96. The van der Waals surface area contributed by atoms with Crippen molar-refractivity contribution in [1.29, 1.82) is 0 Å². The second kappa shape index (κ2) is 7.82. The number of rotatable bonds is 7. The Balaban J connectivity index is 2.85. The van der Waals surface area contributed by atoms with Crippen LogP contribution in [-0.2, 0) is 0 Å². The maximum atomic E-state index is 12.5. The first-order valence-electron chi connectivity index (χ1n) is 7.27. The van der Waals surface area contributed by atoms with E-state index in [2.05, 4.69) is 19.2 Å². The molecular formula is C16H26N2O. The van der Waals surface area contributed by atoms with Crippen LogP contribution in [0.1, 0.15) is 49.5 Å². The normalized spacial score (nSPS) is 10.3. The van der Waals surface area contributed by atoms with Crippen molar-refractivity contribution < 1.29 is 4.79 Å². The third-order valence-corrected chi connectivity index (χ3v) is 3.29. The van der Waals surface area contributed by atoms with Crippen LogP contribution in [0.4, 0.5) is 5.69 Å². The Bertz CT molecular complexity index is 415. The van der Waals surface area contributed by atoms with Gasteiger partial charge in [-0.05, 0) is 51.0 Å². The number of amides is 1. The van der Waals surface area contributed by atoms with E-state index in [-0.39, 0.29) is 5.91 Å². The number of benzene rings is 1. The van der Waals surface area contributed by atoms with Crippen molar-refractivity contribution in [3.05, 3.63) is 29.3 Å². The minimum Gasteiger partial charge on any atom is -0.385 e. The van der Waals surface area contributed by atoms with Crippen LogP contribution in [0.5, 0.6) is 0 Å². The van der Waals surface area contributed by atoms with Gasteiger partial charge < -0.3 is 10.2 Å². The summed E-state index contributed by atoms with van der Waals surface area (Å²) in [4.78, 5) is 14.4. The van der Waals surface area contributed by atoms with Crippen molar-refractivity contribution in [3.8, 4) is 0 Å². The van der Waals surface area contributed by atoms with Gasteiger partial charge in [-0.25, -0.2) is 0 Å². The molecule has 0 aliphatic carbocycles. The molecule has 0 aliphatic rings. The van der Waals surface area contributed by atoms with Gasteiger partial charge in [0, 0.05) is 30.9 Å². The van der Waals surface area contributed by atoms with Crippen LogP contribution < -0.4 is 5.32 Å². The molecule has 1 aromatic rings. The lowest BCUT2D eigenvalue weighted by atomic mass is 10.1. The fourth-order valence-electron chi connectivity index (χ4n) is 2.14. The largest absolute Gasteiger partial charge is 0.385 e. The van der Waals surface area contributed by atoms with Gasteiger partial charge in [0.05, 0.1) is 0 Å². The van der Waals surface area contributed by atoms with Gasteiger partial charge in [0.1, 0.15) is 0 Å². The van der Waals surface area contributed by atoms with Crippen LogP contribution in [0.2, 0.25) is 0 Å². The zero-order valence-corrected chi connectivity index (χ0v) is 12.6. The van der Waals surface area contributed by atoms with E-state index in [4.69, 9.17) is 0 Å². The summed E-state index contributed by atoms with van der Waals surface area (Å²) >= 11 is 0. The third-order valence-electron chi connectivity index (χ3n) is 3.29. The van der Waals surface area contributed by atoms with Gasteiger partial charge in [0.15, 0.2) is 0 Å². The average molecular weight is 262 g/mol. The zero-order chi connectivity index (χ0) is 14.3. The first kappa shape index (κ1) is 15.5. The molecule has 3 heteroatoms. The lowest BCUT2D eigenvalue weighted by molar-refractivity contribution is 0.0761. The van der Waals surface area contributed by atoms with Crippen molar-refractivity contribution in [2.24, 2.45) is 0 Å².